The fourth-order valence-electron chi connectivity index (χ4n) is 2.83. The number of rotatable bonds is 3. The fraction of sp³-hybridized carbons (Fsp3) is 0.312. The van der Waals surface area contributed by atoms with Gasteiger partial charge in [-0.15, -0.1) is 0 Å². The average molecular weight is 270 g/mol. The van der Waals surface area contributed by atoms with Crippen LogP contribution in [0.3, 0.4) is 0 Å². The van der Waals surface area contributed by atoms with Crippen molar-refractivity contribution in [3.8, 4) is 17.0 Å². The number of fused-ring (bicyclic) bond motifs is 1. The average Bonchev–Trinajstić information content (AvgIpc) is 2.90. The first-order chi connectivity index (χ1) is 9.69. The number of carbonyl (C=O) groups is 1. The van der Waals surface area contributed by atoms with Crippen molar-refractivity contribution in [3.05, 3.63) is 41.1 Å². The van der Waals surface area contributed by atoms with Gasteiger partial charge in [0.05, 0.1) is 12.7 Å². The summed E-state index contributed by atoms with van der Waals surface area (Å²) in [5.74, 6) is 0.0394. The van der Waals surface area contributed by atoms with Crippen LogP contribution in [0.25, 0.3) is 11.3 Å². The molecule has 3 rings (SSSR count). The number of aromatic amines is 1. The van der Waals surface area contributed by atoms with E-state index in [0.29, 0.717) is 11.3 Å². The number of aromatic nitrogens is 1. The topological polar surface area (TPSA) is 68.1 Å². The highest BCUT2D eigenvalue weighted by atomic mass is 16.5. The number of nitrogens with one attached hydrogen (secondary N) is 1. The van der Waals surface area contributed by atoms with Gasteiger partial charge < -0.3 is 15.5 Å². The lowest BCUT2D eigenvalue weighted by Gasteiger charge is -2.09. The van der Waals surface area contributed by atoms with Crippen LogP contribution in [-0.4, -0.2) is 18.0 Å². The molecule has 2 aromatic rings. The molecule has 0 atom stereocenters. The molecule has 0 saturated heterocycles. The summed E-state index contributed by atoms with van der Waals surface area (Å²) in [4.78, 5) is 15.0. The first-order valence-corrected chi connectivity index (χ1v) is 6.88. The van der Waals surface area contributed by atoms with E-state index in [-0.39, 0.29) is 0 Å². The normalized spacial score (nSPS) is 13.8. The second-order valence-electron chi connectivity index (χ2n) is 5.17. The number of carbonyl (C=O) groups excluding carboxylic acids is 1. The minimum absolute atomic E-state index is 0.414. The van der Waals surface area contributed by atoms with Gasteiger partial charge in [0.15, 0.2) is 0 Å². The van der Waals surface area contributed by atoms with Crippen LogP contribution in [0, 0.1) is 0 Å². The predicted octanol–water partition coefficient (Wildman–Crippen LogP) is 2.67. The van der Waals surface area contributed by atoms with Crippen molar-refractivity contribution in [2.75, 3.05) is 7.11 Å². The SMILES string of the molecule is COc1ccc(-c2cc3c([nH]2)CCCC3)cc1C(N)=O. The van der Waals surface area contributed by atoms with E-state index in [2.05, 4.69) is 11.1 Å². The molecule has 0 unspecified atom stereocenters. The molecule has 0 fully saturated rings. The molecule has 1 aliphatic rings. The highest BCUT2D eigenvalue weighted by Crippen LogP contribution is 2.30. The molecule has 1 amide bonds. The van der Waals surface area contributed by atoms with Crippen LogP contribution >= 0.6 is 0 Å². The van der Waals surface area contributed by atoms with Gasteiger partial charge in [-0.25, -0.2) is 0 Å². The molecule has 4 heteroatoms. The summed E-state index contributed by atoms with van der Waals surface area (Å²) in [6.07, 6.45) is 4.72. The van der Waals surface area contributed by atoms with Crippen molar-refractivity contribution in [1.82, 2.24) is 4.98 Å². The van der Waals surface area contributed by atoms with Gasteiger partial charge in [0, 0.05) is 11.4 Å². The van der Waals surface area contributed by atoms with Crippen LogP contribution in [0.5, 0.6) is 5.75 Å². The molecule has 20 heavy (non-hydrogen) atoms. The Morgan fingerprint density at radius 2 is 2.05 bits per heavy atom. The Hall–Kier alpha value is -2.23. The predicted molar refractivity (Wildman–Crippen MR) is 77.9 cm³/mol. The van der Waals surface area contributed by atoms with Gasteiger partial charge >= 0.3 is 0 Å². The number of ether oxygens (including phenoxy) is 1. The van der Waals surface area contributed by atoms with Gasteiger partial charge in [0.25, 0.3) is 5.91 Å². The summed E-state index contributed by atoms with van der Waals surface area (Å²) in [6.45, 7) is 0. The van der Waals surface area contributed by atoms with E-state index in [1.54, 1.807) is 12.1 Å². The third kappa shape index (κ3) is 2.18. The maximum Gasteiger partial charge on any atom is 0.252 e. The summed E-state index contributed by atoms with van der Waals surface area (Å²) in [6, 6.07) is 7.71. The molecule has 0 radical (unpaired) electrons. The van der Waals surface area contributed by atoms with Crippen molar-refractivity contribution < 1.29 is 9.53 Å². The monoisotopic (exact) mass is 270 g/mol. The summed E-state index contributed by atoms with van der Waals surface area (Å²) in [7, 11) is 1.54. The molecule has 4 nitrogen and oxygen atoms in total. The maximum atomic E-state index is 11.5. The van der Waals surface area contributed by atoms with Crippen molar-refractivity contribution in [2.24, 2.45) is 5.73 Å². The van der Waals surface area contributed by atoms with E-state index in [0.717, 1.165) is 24.1 Å². The molecule has 1 aromatic heterocycles. The summed E-state index contributed by atoms with van der Waals surface area (Å²) >= 11 is 0. The van der Waals surface area contributed by atoms with Crippen molar-refractivity contribution in [1.29, 1.82) is 0 Å². The number of benzene rings is 1. The number of amides is 1. The van der Waals surface area contributed by atoms with Crippen molar-refractivity contribution in [3.63, 3.8) is 0 Å². The van der Waals surface area contributed by atoms with Gasteiger partial charge in [-0.2, -0.15) is 0 Å². The lowest BCUT2D eigenvalue weighted by atomic mass is 9.98. The molecule has 0 bridgehead atoms. The van der Waals surface area contributed by atoms with Gasteiger partial charge in [-0.1, -0.05) is 0 Å². The maximum absolute atomic E-state index is 11.5. The zero-order valence-electron chi connectivity index (χ0n) is 11.5. The summed E-state index contributed by atoms with van der Waals surface area (Å²) < 4.78 is 5.17. The summed E-state index contributed by atoms with van der Waals surface area (Å²) in [5, 5.41) is 0. The molecule has 0 saturated carbocycles. The zero-order valence-corrected chi connectivity index (χ0v) is 11.5. The number of H-pyrrole nitrogens is 1. The Labute approximate surface area is 117 Å². The third-order valence-electron chi connectivity index (χ3n) is 3.89. The molecule has 1 heterocycles. The largest absolute Gasteiger partial charge is 0.496 e. The molecular weight excluding hydrogens is 252 g/mol. The second kappa shape index (κ2) is 5.04. The van der Waals surface area contributed by atoms with Crippen LogP contribution < -0.4 is 10.5 Å². The van der Waals surface area contributed by atoms with E-state index in [4.69, 9.17) is 10.5 Å². The first kappa shape index (κ1) is 12.8. The van der Waals surface area contributed by atoms with Crippen molar-refractivity contribution in [2.45, 2.75) is 25.7 Å². The Morgan fingerprint density at radius 1 is 1.25 bits per heavy atom. The number of methoxy groups -OCH3 is 1. The molecule has 0 spiro atoms. The standard InChI is InChI=1S/C16H18N2O2/c1-20-15-7-6-11(8-12(15)16(17)19)14-9-10-4-2-3-5-13(10)18-14/h6-9,18H,2-5H2,1H3,(H2,17,19). The highest BCUT2D eigenvalue weighted by Gasteiger charge is 2.15. The second-order valence-corrected chi connectivity index (χ2v) is 5.17. The van der Waals surface area contributed by atoms with Crippen LogP contribution in [0.15, 0.2) is 24.3 Å². The Bertz CT molecular complexity index is 635. The molecule has 3 N–H and O–H groups in total. The summed E-state index contributed by atoms with van der Waals surface area (Å²) in [5.41, 5.74) is 10.5. The number of nitrogens with two attached hydrogens (primary N) is 1. The molecule has 1 aliphatic carbocycles. The Morgan fingerprint density at radius 3 is 2.75 bits per heavy atom. The molecular formula is C16H18N2O2. The molecule has 1 aromatic carbocycles. The molecule has 104 valence electrons. The number of aryl methyl sites for hydroxylation is 2. The number of hydrogen-bond acceptors (Lipinski definition) is 2. The smallest absolute Gasteiger partial charge is 0.252 e. The van der Waals surface area contributed by atoms with E-state index in [9.17, 15) is 4.79 Å². The van der Waals surface area contributed by atoms with Crippen molar-refractivity contribution >= 4 is 5.91 Å². The lowest BCUT2D eigenvalue weighted by molar-refractivity contribution is 0.0997. The van der Waals surface area contributed by atoms with Gasteiger partial charge in [-0.3, -0.25) is 4.79 Å². The van der Waals surface area contributed by atoms with Gasteiger partial charge in [-0.05, 0) is 61.1 Å². The lowest BCUT2D eigenvalue weighted by Crippen LogP contribution is -2.12. The van der Waals surface area contributed by atoms with Gasteiger partial charge in [0.2, 0.25) is 0 Å². The van der Waals surface area contributed by atoms with Crippen LogP contribution in [0.4, 0.5) is 0 Å². The van der Waals surface area contributed by atoms with Crippen LogP contribution in [0.2, 0.25) is 0 Å². The van der Waals surface area contributed by atoms with Gasteiger partial charge in [0.1, 0.15) is 5.75 Å². The van der Waals surface area contributed by atoms with Crippen LogP contribution in [-0.2, 0) is 12.8 Å². The molecule has 0 aliphatic heterocycles. The first-order valence-electron chi connectivity index (χ1n) is 6.88. The van der Waals surface area contributed by atoms with E-state index in [1.165, 1.54) is 31.2 Å². The number of hydrogen-bond donors (Lipinski definition) is 2. The van der Waals surface area contributed by atoms with Crippen LogP contribution in [0.1, 0.15) is 34.5 Å². The minimum Gasteiger partial charge on any atom is -0.496 e. The third-order valence-corrected chi connectivity index (χ3v) is 3.89. The van der Waals surface area contributed by atoms with E-state index in [1.807, 2.05) is 6.07 Å². The fourth-order valence-corrected chi connectivity index (χ4v) is 2.83. The quantitative estimate of drug-likeness (QED) is 0.900. The zero-order chi connectivity index (χ0) is 14.1. The van der Waals surface area contributed by atoms with E-state index >= 15 is 0 Å². The minimum atomic E-state index is -0.472. The Balaban J connectivity index is 2.03. The Kier molecular flexibility index (Phi) is 3.22. The highest BCUT2D eigenvalue weighted by molar-refractivity contribution is 5.97. The van der Waals surface area contributed by atoms with E-state index < -0.39 is 5.91 Å². The number of primary amides is 1.